The summed E-state index contributed by atoms with van der Waals surface area (Å²) < 4.78 is 1.84. The first-order valence-corrected chi connectivity index (χ1v) is 7.97. The number of carbonyl (C=O) groups excluding carboxylic acids is 1. The lowest BCUT2D eigenvalue weighted by Crippen LogP contribution is -2.28. The molecule has 3 aromatic rings. The topological polar surface area (TPSA) is 59.8 Å². The van der Waals surface area contributed by atoms with E-state index in [1.807, 2.05) is 40.5 Å². The van der Waals surface area contributed by atoms with E-state index in [4.69, 9.17) is 0 Å². The maximum Gasteiger partial charge on any atom is 0.224 e. The number of thiophene rings is 1. The highest BCUT2D eigenvalue weighted by atomic mass is 32.1. The highest BCUT2D eigenvalue weighted by Crippen LogP contribution is 2.19. The molecule has 3 aromatic heterocycles. The fourth-order valence-electron chi connectivity index (χ4n) is 2.11. The summed E-state index contributed by atoms with van der Waals surface area (Å²) in [6.07, 6.45) is 5.69. The fraction of sp³-hybridized carbons (Fsp3) is 0.188. The van der Waals surface area contributed by atoms with E-state index in [1.165, 1.54) is 0 Å². The Morgan fingerprint density at radius 2 is 2.27 bits per heavy atom. The van der Waals surface area contributed by atoms with Crippen molar-refractivity contribution in [3.05, 3.63) is 59.2 Å². The molecule has 3 heterocycles. The zero-order valence-electron chi connectivity index (χ0n) is 12.0. The van der Waals surface area contributed by atoms with Gasteiger partial charge < -0.3 is 5.32 Å². The summed E-state index contributed by atoms with van der Waals surface area (Å²) in [5.41, 5.74) is 3.01. The Bertz CT molecular complexity index is 722. The van der Waals surface area contributed by atoms with Crippen molar-refractivity contribution in [3.63, 3.8) is 0 Å². The Labute approximate surface area is 132 Å². The van der Waals surface area contributed by atoms with E-state index in [2.05, 4.69) is 20.8 Å². The van der Waals surface area contributed by atoms with Crippen molar-refractivity contribution in [3.8, 4) is 11.3 Å². The molecule has 0 aliphatic carbocycles. The van der Waals surface area contributed by atoms with Gasteiger partial charge in [-0.3, -0.25) is 14.5 Å². The lowest BCUT2D eigenvalue weighted by molar-refractivity contribution is -0.120. The molecule has 0 unspecified atom stereocenters. The summed E-state index contributed by atoms with van der Waals surface area (Å²) in [4.78, 5) is 15.8. The maximum atomic E-state index is 11.8. The van der Waals surface area contributed by atoms with Crippen molar-refractivity contribution >= 4 is 17.2 Å². The molecule has 1 N–H and O–H groups in total. The van der Waals surface area contributed by atoms with Gasteiger partial charge in [0.05, 0.1) is 18.7 Å². The lowest BCUT2D eigenvalue weighted by atomic mass is 10.2. The zero-order chi connectivity index (χ0) is 15.2. The molecule has 0 saturated heterocycles. The molecule has 3 rings (SSSR count). The largest absolute Gasteiger partial charge is 0.354 e. The number of aromatic nitrogens is 3. The zero-order valence-corrected chi connectivity index (χ0v) is 12.8. The van der Waals surface area contributed by atoms with E-state index in [0.717, 1.165) is 16.8 Å². The van der Waals surface area contributed by atoms with Crippen molar-refractivity contribution in [1.82, 2.24) is 20.1 Å². The molecule has 5 nitrogen and oxygen atoms in total. The van der Waals surface area contributed by atoms with Crippen molar-refractivity contribution in [2.24, 2.45) is 0 Å². The molecule has 0 bridgehead atoms. The van der Waals surface area contributed by atoms with Gasteiger partial charge in [0.1, 0.15) is 0 Å². The van der Waals surface area contributed by atoms with E-state index >= 15 is 0 Å². The van der Waals surface area contributed by atoms with Crippen LogP contribution in [0.5, 0.6) is 0 Å². The summed E-state index contributed by atoms with van der Waals surface area (Å²) in [5.74, 6) is -0.00165. The minimum atomic E-state index is -0.00165. The fourth-order valence-corrected chi connectivity index (χ4v) is 2.76. The number of hydrogen-bond acceptors (Lipinski definition) is 4. The molecule has 0 aliphatic heterocycles. The van der Waals surface area contributed by atoms with Crippen LogP contribution in [0.25, 0.3) is 11.3 Å². The second kappa shape index (κ2) is 7.00. The van der Waals surface area contributed by atoms with E-state index in [9.17, 15) is 4.79 Å². The first-order valence-electron chi connectivity index (χ1n) is 7.03. The highest BCUT2D eigenvalue weighted by molar-refractivity contribution is 7.08. The third kappa shape index (κ3) is 3.79. The van der Waals surface area contributed by atoms with E-state index < -0.39 is 0 Å². The number of rotatable bonds is 6. The first kappa shape index (κ1) is 14.5. The number of carbonyl (C=O) groups is 1. The normalized spacial score (nSPS) is 10.5. The van der Waals surface area contributed by atoms with Crippen LogP contribution in [0.15, 0.2) is 53.6 Å². The molecule has 0 radical (unpaired) electrons. The van der Waals surface area contributed by atoms with E-state index in [1.54, 1.807) is 23.7 Å². The maximum absolute atomic E-state index is 11.8. The van der Waals surface area contributed by atoms with Gasteiger partial charge >= 0.3 is 0 Å². The van der Waals surface area contributed by atoms with Gasteiger partial charge in [0, 0.05) is 36.1 Å². The van der Waals surface area contributed by atoms with Gasteiger partial charge in [-0.1, -0.05) is 6.07 Å². The third-order valence-corrected chi connectivity index (χ3v) is 3.89. The molecule has 0 atom stereocenters. The van der Waals surface area contributed by atoms with Crippen LogP contribution in [-0.2, 0) is 17.8 Å². The number of nitrogens with one attached hydrogen (secondary N) is 1. The predicted molar refractivity (Wildman–Crippen MR) is 86.5 cm³/mol. The molecule has 0 saturated carbocycles. The summed E-state index contributed by atoms with van der Waals surface area (Å²) in [7, 11) is 0. The molecule has 0 aromatic carbocycles. The highest BCUT2D eigenvalue weighted by Gasteiger charge is 2.05. The smallest absolute Gasteiger partial charge is 0.224 e. The van der Waals surface area contributed by atoms with Crippen molar-refractivity contribution in [2.75, 3.05) is 6.54 Å². The summed E-state index contributed by atoms with van der Waals surface area (Å²) in [5, 5.41) is 11.5. The standard InChI is InChI=1S/C16H16N4OS/c21-16(10-13-2-1-5-17-11-13)18-6-8-20-7-3-15(19-20)14-4-9-22-12-14/h1-5,7,9,11-12H,6,8,10H2,(H,18,21). The van der Waals surface area contributed by atoms with Gasteiger partial charge in [0.2, 0.25) is 5.91 Å². The molecule has 0 spiro atoms. The van der Waals surface area contributed by atoms with Gasteiger partial charge in [0.25, 0.3) is 0 Å². The van der Waals surface area contributed by atoms with E-state index in [-0.39, 0.29) is 5.91 Å². The number of amides is 1. The van der Waals surface area contributed by atoms with Gasteiger partial charge in [0.15, 0.2) is 0 Å². The van der Waals surface area contributed by atoms with Crippen LogP contribution in [0.1, 0.15) is 5.56 Å². The molecular weight excluding hydrogens is 296 g/mol. The summed E-state index contributed by atoms with van der Waals surface area (Å²) in [6, 6.07) is 7.76. The average Bonchev–Trinajstić information content (AvgIpc) is 3.19. The summed E-state index contributed by atoms with van der Waals surface area (Å²) in [6.45, 7) is 1.22. The Balaban J connectivity index is 1.46. The molecule has 0 aliphatic rings. The third-order valence-electron chi connectivity index (χ3n) is 3.21. The monoisotopic (exact) mass is 312 g/mol. The van der Waals surface area contributed by atoms with Crippen LogP contribution in [0.3, 0.4) is 0 Å². The van der Waals surface area contributed by atoms with Gasteiger partial charge in [-0.2, -0.15) is 16.4 Å². The average molecular weight is 312 g/mol. The molecule has 6 heteroatoms. The van der Waals surface area contributed by atoms with Crippen LogP contribution in [0, 0.1) is 0 Å². The first-order chi connectivity index (χ1) is 10.8. The van der Waals surface area contributed by atoms with Crippen molar-refractivity contribution in [1.29, 1.82) is 0 Å². The second-order valence-electron chi connectivity index (χ2n) is 4.86. The van der Waals surface area contributed by atoms with Crippen LogP contribution in [0.4, 0.5) is 0 Å². The van der Waals surface area contributed by atoms with Crippen LogP contribution in [0.2, 0.25) is 0 Å². The SMILES string of the molecule is O=C(Cc1cccnc1)NCCn1ccc(-c2ccsc2)n1. The van der Waals surface area contributed by atoms with Gasteiger partial charge in [-0.05, 0) is 29.1 Å². The number of pyridine rings is 1. The predicted octanol–water partition coefficient (Wildman–Crippen LogP) is 2.37. The Hall–Kier alpha value is -2.47. The van der Waals surface area contributed by atoms with Crippen molar-refractivity contribution in [2.45, 2.75) is 13.0 Å². The minimum Gasteiger partial charge on any atom is -0.354 e. The van der Waals surface area contributed by atoms with Crippen LogP contribution < -0.4 is 5.32 Å². The van der Waals surface area contributed by atoms with Crippen LogP contribution in [-0.4, -0.2) is 27.2 Å². The minimum absolute atomic E-state index is 0.00165. The van der Waals surface area contributed by atoms with Gasteiger partial charge in [-0.15, -0.1) is 0 Å². The molecule has 0 fully saturated rings. The van der Waals surface area contributed by atoms with Crippen LogP contribution >= 0.6 is 11.3 Å². The Morgan fingerprint density at radius 3 is 3.05 bits per heavy atom. The molecule has 112 valence electrons. The Morgan fingerprint density at radius 1 is 1.32 bits per heavy atom. The molecule has 22 heavy (non-hydrogen) atoms. The van der Waals surface area contributed by atoms with E-state index in [0.29, 0.717) is 19.5 Å². The Kier molecular flexibility index (Phi) is 4.60. The molecule has 1 amide bonds. The summed E-state index contributed by atoms with van der Waals surface area (Å²) >= 11 is 1.65. The lowest BCUT2D eigenvalue weighted by Gasteiger charge is -2.05. The number of nitrogens with zero attached hydrogens (tertiary/aromatic N) is 3. The second-order valence-corrected chi connectivity index (χ2v) is 5.64. The number of hydrogen-bond donors (Lipinski definition) is 1. The quantitative estimate of drug-likeness (QED) is 0.760. The van der Waals surface area contributed by atoms with Crippen molar-refractivity contribution < 1.29 is 4.79 Å². The molecular formula is C16H16N4OS. The van der Waals surface area contributed by atoms with Gasteiger partial charge in [-0.25, -0.2) is 0 Å².